The topological polar surface area (TPSA) is 47.6 Å². The first-order valence-electron chi connectivity index (χ1n) is 6.65. The van der Waals surface area contributed by atoms with Crippen molar-refractivity contribution in [1.82, 2.24) is 5.32 Å². The van der Waals surface area contributed by atoms with Gasteiger partial charge < -0.3 is 14.8 Å². The fourth-order valence-corrected chi connectivity index (χ4v) is 1.92. The number of benzene rings is 2. The Kier molecular flexibility index (Phi) is 5.46. The molecule has 0 aliphatic carbocycles. The Labute approximate surface area is 130 Å². The predicted octanol–water partition coefficient (Wildman–Crippen LogP) is 3.37. The van der Waals surface area contributed by atoms with Crippen LogP contribution in [0.5, 0.6) is 11.5 Å². The van der Waals surface area contributed by atoms with Gasteiger partial charge in [-0.3, -0.25) is 4.79 Å². The van der Waals surface area contributed by atoms with Gasteiger partial charge in [0.1, 0.15) is 5.82 Å². The number of methoxy groups -OCH3 is 1. The summed E-state index contributed by atoms with van der Waals surface area (Å²) in [5.74, 6) is -1.08. The van der Waals surface area contributed by atoms with Gasteiger partial charge >= 0.3 is 6.61 Å². The third-order valence-electron chi connectivity index (χ3n) is 3.04. The van der Waals surface area contributed by atoms with Gasteiger partial charge in [-0.2, -0.15) is 8.78 Å². The highest BCUT2D eigenvalue weighted by molar-refractivity contribution is 5.94. The number of ether oxygens (including phenoxy) is 2. The zero-order valence-corrected chi connectivity index (χ0v) is 12.2. The van der Waals surface area contributed by atoms with E-state index in [-0.39, 0.29) is 23.6 Å². The van der Waals surface area contributed by atoms with Crippen LogP contribution in [-0.4, -0.2) is 19.6 Å². The highest BCUT2D eigenvalue weighted by atomic mass is 19.3. The minimum absolute atomic E-state index is 0.00308. The van der Waals surface area contributed by atoms with E-state index in [4.69, 9.17) is 4.74 Å². The quantitative estimate of drug-likeness (QED) is 0.886. The molecular formula is C16H14F3NO3. The molecule has 0 heterocycles. The van der Waals surface area contributed by atoms with Gasteiger partial charge in [0.25, 0.3) is 5.91 Å². The maximum atomic E-state index is 13.5. The van der Waals surface area contributed by atoms with E-state index in [1.165, 1.54) is 31.4 Å². The van der Waals surface area contributed by atoms with Gasteiger partial charge in [-0.25, -0.2) is 4.39 Å². The summed E-state index contributed by atoms with van der Waals surface area (Å²) in [6.07, 6.45) is 0. The van der Waals surface area contributed by atoms with E-state index in [1.54, 1.807) is 18.2 Å². The third kappa shape index (κ3) is 4.38. The number of nitrogens with one attached hydrogen (secondary N) is 1. The van der Waals surface area contributed by atoms with Crippen molar-refractivity contribution in [3.8, 4) is 11.5 Å². The largest absolute Gasteiger partial charge is 0.493 e. The summed E-state index contributed by atoms with van der Waals surface area (Å²) in [4.78, 5) is 12.1. The normalized spacial score (nSPS) is 10.5. The number of alkyl halides is 2. The van der Waals surface area contributed by atoms with Crippen molar-refractivity contribution in [2.75, 3.05) is 7.11 Å². The van der Waals surface area contributed by atoms with Gasteiger partial charge in [-0.05, 0) is 24.3 Å². The zero-order chi connectivity index (χ0) is 16.8. The summed E-state index contributed by atoms with van der Waals surface area (Å²) in [5.41, 5.74) is 0.519. The van der Waals surface area contributed by atoms with Crippen LogP contribution in [-0.2, 0) is 6.54 Å². The lowest BCUT2D eigenvalue weighted by atomic mass is 10.1. The molecule has 0 spiro atoms. The molecule has 7 heteroatoms. The monoisotopic (exact) mass is 325 g/mol. The number of hydrogen-bond donors (Lipinski definition) is 1. The Morgan fingerprint density at radius 2 is 1.91 bits per heavy atom. The number of hydrogen-bond acceptors (Lipinski definition) is 3. The average Bonchev–Trinajstić information content (AvgIpc) is 2.53. The number of carbonyl (C=O) groups excluding carboxylic acids is 1. The van der Waals surface area contributed by atoms with Crippen molar-refractivity contribution in [1.29, 1.82) is 0 Å². The number of rotatable bonds is 6. The van der Waals surface area contributed by atoms with Gasteiger partial charge in [0.15, 0.2) is 11.5 Å². The van der Waals surface area contributed by atoms with E-state index < -0.39 is 18.3 Å². The summed E-state index contributed by atoms with van der Waals surface area (Å²) in [5, 5.41) is 2.54. The highest BCUT2D eigenvalue weighted by Crippen LogP contribution is 2.29. The molecule has 23 heavy (non-hydrogen) atoms. The summed E-state index contributed by atoms with van der Waals surface area (Å²) in [7, 11) is 1.27. The van der Waals surface area contributed by atoms with Crippen LogP contribution >= 0.6 is 0 Å². The minimum Gasteiger partial charge on any atom is -0.493 e. The lowest BCUT2D eigenvalue weighted by Crippen LogP contribution is -2.23. The molecule has 2 aromatic carbocycles. The van der Waals surface area contributed by atoms with Gasteiger partial charge in [-0.15, -0.1) is 0 Å². The van der Waals surface area contributed by atoms with Crippen LogP contribution in [0.25, 0.3) is 0 Å². The fraction of sp³-hybridized carbons (Fsp3) is 0.188. The Bertz CT molecular complexity index is 692. The van der Waals surface area contributed by atoms with E-state index in [0.717, 1.165) is 0 Å². The van der Waals surface area contributed by atoms with Crippen molar-refractivity contribution in [2.24, 2.45) is 0 Å². The molecule has 0 aliphatic rings. The molecule has 0 fully saturated rings. The van der Waals surface area contributed by atoms with Crippen molar-refractivity contribution >= 4 is 5.91 Å². The SMILES string of the molecule is COc1cc(C(=O)NCc2ccccc2F)ccc1OC(F)F. The molecule has 0 bridgehead atoms. The first-order valence-corrected chi connectivity index (χ1v) is 6.65. The smallest absolute Gasteiger partial charge is 0.387 e. The Morgan fingerprint density at radius 3 is 2.57 bits per heavy atom. The maximum absolute atomic E-state index is 13.5. The van der Waals surface area contributed by atoms with Gasteiger partial charge in [0, 0.05) is 17.7 Å². The number of halogens is 3. The van der Waals surface area contributed by atoms with Crippen molar-refractivity contribution in [3.63, 3.8) is 0 Å². The van der Waals surface area contributed by atoms with Crippen LogP contribution in [0.1, 0.15) is 15.9 Å². The standard InChI is InChI=1S/C16H14F3NO3/c1-22-14-8-10(6-7-13(14)23-16(18)19)15(21)20-9-11-4-2-3-5-12(11)17/h2-8,16H,9H2,1H3,(H,20,21). The molecule has 2 rings (SSSR count). The lowest BCUT2D eigenvalue weighted by Gasteiger charge is -2.11. The molecule has 1 N–H and O–H groups in total. The van der Waals surface area contributed by atoms with Crippen molar-refractivity contribution in [2.45, 2.75) is 13.2 Å². The molecule has 1 amide bonds. The molecule has 0 atom stereocenters. The van der Waals surface area contributed by atoms with E-state index >= 15 is 0 Å². The second kappa shape index (κ2) is 7.53. The second-order valence-corrected chi connectivity index (χ2v) is 4.52. The summed E-state index contributed by atoms with van der Waals surface area (Å²) in [6, 6.07) is 9.85. The first-order chi connectivity index (χ1) is 11.0. The zero-order valence-electron chi connectivity index (χ0n) is 12.2. The van der Waals surface area contributed by atoms with Crippen LogP contribution in [0.4, 0.5) is 13.2 Å². The molecule has 4 nitrogen and oxygen atoms in total. The predicted molar refractivity (Wildman–Crippen MR) is 77.2 cm³/mol. The molecule has 0 saturated carbocycles. The molecule has 0 radical (unpaired) electrons. The van der Waals surface area contributed by atoms with Gasteiger partial charge in [0.2, 0.25) is 0 Å². The summed E-state index contributed by atoms with van der Waals surface area (Å²) < 4.78 is 47.2. The van der Waals surface area contributed by atoms with E-state index in [1.807, 2.05) is 0 Å². The van der Waals surface area contributed by atoms with Gasteiger partial charge in [-0.1, -0.05) is 18.2 Å². The van der Waals surface area contributed by atoms with E-state index in [9.17, 15) is 18.0 Å². The van der Waals surface area contributed by atoms with Crippen molar-refractivity contribution < 1.29 is 27.4 Å². The van der Waals surface area contributed by atoms with E-state index in [2.05, 4.69) is 10.1 Å². The molecule has 122 valence electrons. The van der Waals surface area contributed by atoms with Crippen LogP contribution in [0, 0.1) is 5.82 Å². The lowest BCUT2D eigenvalue weighted by molar-refractivity contribution is -0.0512. The van der Waals surface area contributed by atoms with Crippen LogP contribution in [0.15, 0.2) is 42.5 Å². The second-order valence-electron chi connectivity index (χ2n) is 4.52. The molecule has 0 aromatic heterocycles. The minimum atomic E-state index is -3.00. The summed E-state index contributed by atoms with van der Waals surface area (Å²) >= 11 is 0. The highest BCUT2D eigenvalue weighted by Gasteiger charge is 2.14. The molecule has 0 unspecified atom stereocenters. The Balaban J connectivity index is 2.09. The fourth-order valence-electron chi connectivity index (χ4n) is 1.92. The van der Waals surface area contributed by atoms with Crippen molar-refractivity contribution in [3.05, 3.63) is 59.4 Å². The number of carbonyl (C=O) groups is 1. The van der Waals surface area contributed by atoms with Crippen LogP contribution < -0.4 is 14.8 Å². The molecule has 0 aliphatic heterocycles. The molecule has 0 saturated heterocycles. The summed E-state index contributed by atoms with van der Waals surface area (Å²) in [6.45, 7) is -2.99. The first kappa shape index (κ1) is 16.7. The van der Waals surface area contributed by atoms with Gasteiger partial charge in [0.05, 0.1) is 7.11 Å². The third-order valence-corrected chi connectivity index (χ3v) is 3.04. The number of amides is 1. The maximum Gasteiger partial charge on any atom is 0.387 e. The average molecular weight is 325 g/mol. The van der Waals surface area contributed by atoms with Crippen LogP contribution in [0.2, 0.25) is 0 Å². The molecule has 2 aromatic rings. The Morgan fingerprint density at radius 1 is 1.17 bits per heavy atom. The molecular weight excluding hydrogens is 311 g/mol. The van der Waals surface area contributed by atoms with E-state index in [0.29, 0.717) is 5.56 Å². The Hall–Kier alpha value is -2.70. The van der Waals surface area contributed by atoms with Crippen LogP contribution in [0.3, 0.4) is 0 Å².